The van der Waals surface area contributed by atoms with Gasteiger partial charge < -0.3 is 9.47 Å². The minimum Gasteiger partial charge on any atom is -0.386 e. The average Bonchev–Trinajstić information content (AvgIpc) is 3.51. The average molecular weight is 492 g/mol. The molecule has 4 aromatic rings. The fourth-order valence-corrected chi connectivity index (χ4v) is 6.32. The Morgan fingerprint density at radius 3 is 1.19 bits per heavy atom. The van der Waals surface area contributed by atoms with E-state index in [2.05, 4.69) is 0 Å². The van der Waals surface area contributed by atoms with Crippen LogP contribution in [0.3, 0.4) is 0 Å². The van der Waals surface area contributed by atoms with Gasteiger partial charge in [0, 0.05) is 0 Å². The number of rotatable bonds is 0. The maximum atomic E-state index is 14.8. The number of benzene rings is 4. The van der Waals surface area contributed by atoms with Crippen molar-refractivity contribution in [3.63, 3.8) is 0 Å². The van der Waals surface area contributed by atoms with Crippen LogP contribution in [0, 0.1) is 11.6 Å². The van der Waals surface area contributed by atoms with E-state index in [9.17, 15) is 28.0 Å². The summed E-state index contributed by atoms with van der Waals surface area (Å²) in [5, 5.41) is 0. The summed E-state index contributed by atoms with van der Waals surface area (Å²) in [5.74, 6) is -4.35. The molecule has 0 N–H and O–H groups in total. The molecule has 0 saturated heterocycles. The number of fused-ring (bicyclic) bond motifs is 12. The molecule has 37 heavy (non-hydrogen) atoms. The molecular weight excluding hydrogens is 482 g/mol. The van der Waals surface area contributed by atoms with E-state index < -0.39 is 40.9 Å². The first-order valence-electron chi connectivity index (χ1n) is 11.3. The summed E-state index contributed by atoms with van der Waals surface area (Å²) in [7, 11) is 0. The predicted molar refractivity (Wildman–Crippen MR) is 122 cm³/mol. The molecule has 0 bridgehead atoms. The Morgan fingerprint density at radius 2 is 0.784 bits per heavy atom. The first kappa shape index (κ1) is 20.2. The molecule has 8 rings (SSSR count). The SMILES string of the molecule is O=C1OC(=O)c2cc3c(cc21)-c1cc2c(cc1C31c3cc(F)ccc3-c3ccc(F)cc31)C(=O)OC2=O. The van der Waals surface area contributed by atoms with E-state index in [0.29, 0.717) is 44.5 Å². The number of ether oxygens (including phenoxy) is 2. The van der Waals surface area contributed by atoms with Gasteiger partial charge in [0.2, 0.25) is 0 Å². The summed E-state index contributed by atoms with van der Waals surface area (Å²) in [5.41, 5.74) is 2.96. The highest BCUT2D eigenvalue weighted by Crippen LogP contribution is 2.63. The molecule has 0 aromatic heterocycles. The third kappa shape index (κ3) is 2.20. The molecule has 0 saturated carbocycles. The van der Waals surface area contributed by atoms with Gasteiger partial charge >= 0.3 is 23.9 Å². The largest absolute Gasteiger partial charge is 0.386 e. The lowest BCUT2D eigenvalue weighted by atomic mass is 9.70. The van der Waals surface area contributed by atoms with Gasteiger partial charge in [0.25, 0.3) is 0 Å². The van der Waals surface area contributed by atoms with E-state index in [-0.39, 0.29) is 22.3 Å². The van der Waals surface area contributed by atoms with Gasteiger partial charge in [0.1, 0.15) is 11.6 Å². The summed E-state index contributed by atoms with van der Waals surface area (Å²) in [6.45, 7) is 0. The second-order valence-corrected chi connectivity index (χ2v) is 9.37. The normalized spacial score (nSPS) is 16.7. The van der Waals surface area contributed by atoms with Gasteiger partial charge in [-0.15, -0.1) is 0 Å². The Kier molecular flexibility index (Phi) is 3.40. The van der Waals surface area contributed by atoms with Crippen molar-refractivity contribution >= 4 is 23.9 Å². The van der Waals surface area contributed by atoms with E-state index in [1.807, 2.05) is 0 Å². The molecule has 4 aromatic carbocycles. The van der Waals surface area contributed by atoms with Crippen molar-refractivity contribution in [3.05, 3.63) is 117 Å². The smallest absolute Gasteiger partial charge is 0.346 e. The predicted octanol–water partition coefficient (Wildman–Crippen LogP) is 4.93. The summed E-state index contributed by atoms with van der Waals surface area (Å²) in [6, 6.07) is 14.5. The summed E-state index contributed by atoms with van der Waals surface area (Å²) >= 11 is 0. The highest BCUT2D eigenvalue weighted by atomic mass is 19.1. The fraction of sp³-hybridized carbons (Fsp3) is 0.0345. The van der Waals surface area contributed by atoms with Gasteiger partial charge in [0.05, 0.1) is 27.7 Å². The number of esters is 4. The van der Waals surface area contributed by atoms with Gasteiger partial charge in [-0.2, -0.15) is 0 Å². The van der Waals surface area contributed by atoms with Crippen LogP contribution >= 0.6 is 0 Å². The molecule has 4 aliphatic rings. The number of hydrogen-bond acceptors (Lipinski definition) is 6. The quantitative estimate of drug-likeness (QED) is 0.221. The first-order chi connectivity index (χ1) is 17.8. The lowest BCUT2D eigenvalue weighted by Crippen LogP contribution is -2.27. The van der Waals surface area contributed by atoms with Gasteiger partial charge in [-0.05, 0) is 93.0 Å². The Morgan fingerprint density at radius 1 is 0.432 bits per heavy atom. The minimum atomic E-state index is -1.35. The van der Waals surface area contributed by atoms with E-state index in [1.165, 1.54) is 48.5 Å². The van der Waals surface area contributed by atoms with Crippen LogP contribution in [0.2, 0.25) is 0 Å². The van der Waals surface area contributed by atoms with Crippen molar-refractivity contribution in [3.8, 4) is 22.3 Å². The molecule has 0 amide bonds. The first-order valence-corrected chi connectivity index (χ1v) is 11.3. The lowest BCUT2D eigenvalue weighted by molar-refractivity contribution is 0.0425. The van der Waals surface area contributed by atoms with Crippen molar-refractivity contribution < 1.29 is 37.4 Å². The molecule has 176 valence electrons. The van der Waals surface area contributed by atoms with Gasteiger partial charge in [-0.3, -0.25) is 0 Å². The molecule has 2 heterocycles. The summed E-state index contributed by atoms with van der Waals surface area (Å²) in [4.78, 5) is 49.9. The van der Waals surface area contributed by atoms with Gasteiger partial charge in [-0.1, -0.05) is 12.1 Å². The van der Waals surface area contributed by atoms with Crippen LogP contribution in [0.15, 0.2) is 60.7 Å². The van der Waals surface area contributed by atoms with Crippen molar-refractivity contribution in [1.29, 1.82) is 0 Å². The highest BCUT2D eigenvalue weighted by Gasteiger charge is 2.54. The third-order valence-electron chi connectivity index (χ3n) is 7.73. The second-order valence-electron chi connectivity index (χ2n) is 9.37. The summed E-state index contributed by atoms with van der Waals surface area (Å²) < 4.78 is 39.2. The Hall–Kier alpha value is -4.98. The number of carbonyl (C=O) groups is 4. The molecule has 8 heteroatoms. The van der Waals surface area contributed by atoms with E-state index >= 15 is 0 Å². The lowest BCUT2D eigenvalue weighted by Gasteiger charge is -2.30. The molecule has 2 aliphatic heterocycles. The van der Waals surface area contributed by atoms with Crippen molar-refractivity contribution in [2.24, 2.45) is 0 Å². The van der Waals surface area contributed by atoms with E-state index in [4.69, 9.17) is 9.47 Å². The van der Waals surface area contributed by atoms with E-state index in [0.717, 1.165) is 0 Å². The zero-order valence-electron chi connectivity index (χ0n) is 18.5. The maximum absolute atomic E-state index is 14.8. The fourth-order valence-electron chi connectivity index (χ4n) is 6.32. The van der Waals surface area contributed by atoms with E-state index in [1.54, 1.807) is 12.1 Å². The van der Waals surface area contributed by atoms with Crippen LogP contribution in [0.5, 0.6) is 0 Å². The van der Waals surface area contributed by atoms with Crippen LogP contribution in [0.1, 0.15) is 63.7 Å². The van der Waals surface area contributed by atoms with Crippen LogP contribution in [-0.2, 0) is 14.9 Å². The van der Waals surface area contributed by atoms with Crippen LogP contribution in [0.25, 0.3) is 22.3 Å². The number of carbonyl (C=O) groups excluding carboxylic acids is 4. The van der Waals surface area contributed by atoms with Crippen LogP contribution < -0.4 is 0 Å². The number of halogens is 2. The standard InChI is InChI=1S/C29H10F2O6/c30-11-1-3-13-14-4-2-12(31)6-22(14)29(21(13)5-11)23-9-19-17(25(32)36-27(19)34)7-15(23)16-8-18-20(10-24(16)29)28(35)37-26(18)33/h1-10H. The molecule has 6 nitrogen and oxygen atoms in total. The van der Waals surface area contributed by atoms with Gasteiger partial charge in [-0.25, -0.2) is 28.0 Å². The molecule has 0 radical (unpaired) electrons. The maximum Gasteiger partial charge on any atom is 0.346 e. The van der Waals surface area contributed by atoms with Gasteiger partial charge in [0.15, 0.2) is 0 Å². The molecule has 1 spiro atoms. The molecule has 0 fully saturated rings. The zero-order valence-corrected chi connectivity index (χ0v) is 18.5. The third-order valence-corrected chi connectivity index (χ3v) is 7.73. The Bertz CT molecular complexity index is 1750. The molecule has 0 unspecified atom stereocenters. The minimum absolute atomic E-state index is 0.0294. The van der Waals surface area contributed by atoms with Crippen molar-refractivity contribution in [1.82, 2.24) is 0 Å². The van der Waals surface area contributed by atoms with Crippen LogP contribution in [-0.4, -0.2) is 23.9 Å². The summed E-state index contributed by atoms with van der Waals surface area (Å²) in [6.07, 6.45) is 0. The van der Waals surface area contributed by atoms with Crippen LogP contribution in [0.4, 0.5) is 8.78 Å². The van der Waals surface area contributed by atoms with Crippen molar-refractivity contribution in [2.75, 3.05) is 0 Å². The highest BCUT2D eigenvalue weighted by molar-refractivity contribution is 6.18. The molecule has 0 atom stereocenters. The monoisotopic (exact) mass is 492 g/mol. The van der Waals surface area contributed by atoms with Crippen molar-refractivity contribution in [2.45, 2.75) is 5.41 Å². The molecular formula is C29H10F2O6. The zero-order chi connectivity index (χ0) is 25.4. The topological polar surface area (TPSA) is 86.7 Å². The second kappa shape index (κ2) is 6.22. The number of hydrogen-bond donors (Lipinski definition) is 0. The Balaban J connectivity index is 1.60. The Labute approximate surface area is 206 Å². The molecule has 2 aliphatic carbocycles. The number of cyclic esters (lactones) is 4.